The van der Waals surface area contributed by atoms with E-state index in [-0.39, 0.29) is 12.1 Å². The molecular weight excluding hydrogens is 319 g/mol. The third-order valence-corrected chi connectivity index (χ3v) is 2.88. The third kappa shape index (κ3) is 3.75. The Labute approximate surface area is 109 Å². The van der Waals surface area contributed by atoms with E-state index in [1.807, 2.05) is 19.9 Å². The third-order valence-electron chi connectivity index (χ3n) is 2.03. The van der Waals surface area contributed by atoms with Crippen LogP contribution >= 0.6 is 22.6 Å². The van der Waals surface area contributed by atoms with Crippen LogP contribution in [0.4, 0.5) is 0 Å². The lowest BCUT2D eigenvalue weighted by Gasteiger charge is -2.15. The molecule has 1 atom stereocenters. The van der Waals surface area contributed by atoms with Crippen molar-refractivity contribution in [2.45, 2.75) is 27.1 Å². The zero-order valence-corrected chi connectivity index (χ0v) is 11.8. The molecule has 0 heterocycles. The second-order valence-corrected chi connectivity index (χ2v) is 4.50. The highest BCUT2D eigenvalue weighted by Crippen LogP contribution is 2.23. The van der Waals surface area contributed by atoms with E-state index in [2.05, 4.69) is 22.6 Å². The van der Waals surface area contributed by atoms with Gasteiger partial charge >= 0.3 is 0 Å². The molecular formula is C12H15IO3. The predicted octanol–water partition coefficient (Wildman–Crippen LogP) is 3.26. The first kappa shape index (κ1) is 13.4. The van der Waals surface area contributed by atoms with Gasteiger partial charge in [-0.25, -0.2) is 0 Å². The van der Waals surface area contributed by atoms with Gasteiger partial charge in [-0.3, -0.25) is 4.79 Å². The standard InChI is InChI=1S/C12H15IO3/c1-4-15-9(3)16-12-6-5-10(8(2)14)7-11(12)13/h5-7,9H,4H2,1-3H3. The van der Waals surface area contributed by atoms with E-state index in [0.29, 0.717) is 12.2 Å². The van der Waals surface area contributed by atoms with Crippen molar-refractivity contribution >= 4 is 28.4 Å². The molecule has 0 amide bonds. The van der Waals surface area contributed by atoms with Gasteiger partial charge < -0.3 is 9.47 Å². The molecule has 0 radical (unpaired) electrons. The zero-order chi connectivity index (χ0) is 12.1. The Morgan fingerprint density at radius 3 is 2.69 bits per heavy atom. The molecule has 0 fully saturated rings. The first-order chi connectivity index (χ1) is 7.54. The summed E-state index contributed by atoms with van der Waals surface area (Å²) in [4.78, 5) is 11.2. The minimum absolute atomic E-state index is 0.0577. The molecule has 88 valence electrons. The molecule has 0 aromatic heterocycles. The molecule has 3 nitrogen and oxygen atoms in total. The monoisotopic (exact) mass is 334 g/mol. The zero-order valence-electron chi connectivity index (χ0n) is 9.62. The van der Waals surface area contributed by atoms with E-state index < -0.39 is 0 Å². The van der Waals surface area contributed by atoms with Crippen molar-refractivity contribution in [2.24, 2.45) is 0 Å². The molecule has 1 unspecified atom stereocenters. The van der Waals surface area contributed by atoms with Crippen LogP contribution in [0.3, 0.4) is 0 Å². The van der Waals surface area contributed by atoms with Gasteiger partial charge in [-0.2, -0.15) is 0 Å². The summed E-state index contributed by atoms with van der Waals surface area (Å²) < 4.78 is 11.8. The number of benzene rings is 1. The number of halogens is 1. The molecule has 1 aromatic carbocycles. The van der Waals surface area contributed by atoms with Gasteiger partial charge in [0.2, 0.25) is 0 Å². The molecule has 0 aliphatic carbocycles. The second kappa shape index (κ2) is 6.20. The Hall–Kier alpha value is -0.620. The highest BCUT2D eigenvalue weighted by molar-refractivity contribution is 14.1. The van der Waals surface area contributed by atoms with Crippen LogP contribution < -0.4 is 4.74 Å². The van der Waals surface area contributed by atoms with E-state index in [1.165, 1.54) is 0 Å². The normalized spacial score (nSPS) is 12.2. The Kier molecular flexibility index (Phi) is 5.21. The minimum Gasteiger partial charge on any atom is -0.464 e. The number of ether oxygens (including phenoxy) is 2. The maximum Gasteiger partial charge on any atom is 0.197 e. The van der Waals surface area contributed by atoms with Crippen molar-refractivity contribution in [1.29, 1.82) is 0 Å². The van der Waals surface area contributed by atoms with Crippen LogP contribution in [0.1, 0.15) is 31.1 Å². The fourth-order valence-electron chi connectivity index (χ4n) is 1.26. The molecule has 0 bridgehead atoms. The molecule has 0 spiro atoms. The van der Waals surface area contributed by atoms with Gasteiger partial charge in [0.25, 0.3) is 0 Å². The molecule has 0 saturated heterocycles. The maximum absolute atomic E-state index is 11.2. The number of carbonyl (C=O) groups excluding carboxylic acids is 1. The van der Waals surface area contributed by atoms with Crippen LogP contribution in [-0.4, -0.2) is 18.7 Å². The fraction of sp³-hybridized carbons (Fsp3) is 0.417. The minimum atomic E-state index is -0.276. The highest BCUT2D eigenvalue weighted by atomic mass is 127. The van der Waals surface area contributed by atoms with E-state index >= 15 is 0 Å². The van der Waals surface area contributed by atoms with E-state index in [9.17, 15) is 4.79 Å². The summed E-state index contributed by atoms with van der Waals surface area (Å²) in [6, 6.07) is 5.38. The van der Waals surface area contributed by atoms with Gasteiger partial charge in [-0.05, 0) is 61.6 Å². The smallest absolute Gasteiger partial charge is 0.197 e. The summed E-state index contributed by atoms with van der Waals surface area (Å²) in [5, 5.41) is 0. The lowest BCUT2D eigenvalue weighted by atomic mass is 10.1. The van der Waals surface area contributed by atoms with Crippen LogP contribution in [0, 0.1) is 3.57 Å². The van der Waals surface area contributed by atoms with Crippen molar-refractivity contribution in [3.63, 3.8) is 0 Å². The van der Waals surface area contributed by atoms with Crippen LogP contribution in [0.25, 0.3) is 0 Å². The van der Waals surface area contributed by atoms with Crippen molar-refractivity contribution in [3.8, 4) is 5.75 Å². The van der Waals surface area contributed by atoms with Gasteiger partial charge in [0.05, 0.1) is 3.57 Å². The number of carbonyl (C=O) groups is 1. The average Bonchev–Trinajstić information content (AvgIpc) is 2.21. The molecule has 0 aliphatic heterocycles. The highest BCUT2D eigenvalue weighted by Gasteiger charge is 2.08. The Bertz CT molecular complexity index is 377. The topological polar surface area (TPSA) is 35.5 Å². The number of ketones is 1. The van der Waals surface area contributed by atoms with Gasteiger partial charge in [-0.15, -0.1) is 0 Å². The quantitative estimate of drug-likeness (QED) is 0.471. The van der Waals surface area contributed by atoms with Crippen molar-refractivity contribution in [2.75, 3.05) is 6.61 Å². The van der Waals surface area contributed by atoms with Crippen LogP contribution in [-0.2, 0) is 4.74 Å². The van der Waals surface area contributed by atoms with E-state index in [4.69, 9.17) is 9.47 Å². The van der Waals surface area contributed by atoms with Crippen molar-refractivity contribution < 1.29 is 14.3 Å². The van der Waals surface area contributed by atoms with Gasteiger partial charge in [0.15, 0.2) is 12.1 Å². The number of hydrogen-bond acceptors (Lipinski definition) is 3. The average molecular weight is 334 g/mol. The van der Waals surface area contributed by atoms with Crippen molar-refractivity contribution in [1.82, 2.24) is 0 Å². The summed E-state index contributed by atoms with van der Waals surface area (Å²) in [6.07, 6.45) is -0.276. The lowest BCUT2D eigenvalue weighted by molar-refractivity contribution is -0.0617. The molecule has 0 N–H and O–H groups in total. The van der Waals surface area contributed by atoms with Crippen LogP contribution in [0.2, 0.25) is 0 Å². The molecule has 1 aromatic rings. The summed E-state index contributed by atoms with van der Waals surface area (Å²) in [6.45, 7) is 5.93. The largest absolute Gasteiger partial charge is 0.464 e. The predicted molar refractivity (Wildman–Crippen MR) is 70.9 cm³/mol. The Morgan fingerprint density at radius 1 is 1.50 bits per heavy atom. The Balaban J connectivity index is 2.79. The molecule has 0 saturated carbocycles. The first-order valence-electron chi connectivity index (χ1n) is 5.13. The molecule has 1 rings (SSSR count). The summed E-state index contributed by atoms with van der Waals surface area (Å²) in [5.41, 5.74) is 0.695. The molecule has 16 heavy (non-hydrogen) atoms. The van der Waals surface area contributed by atoms with E-state index in [1.54, 1.807) is 19.1 Å². The number of Topliss-reactive ketones (excluding diaryl/α,β-unsaturated/α-hetero) is 1. The van der Waals surface area contributed by atoms with Crippen LogP contribution in [0.5, 0.6) is 5.75 Å². The molecule has 0 aliphatic rings. The number of hydrogen-bond donors (Lipinski definition) is 0. The van der Waals surface area contributed by atoms with Crippen molar-refractivity contribution in [3.05, 3.63) is 27.3 Å². The summed E-state index contributed by atoms with van der Waals surface area (Å²) in [7, 11) is 0. The summed E-state index contributed by atoms with van der Waals surface area (Å²) in [5.74, 6) is 0.800. The molecule has 4 heteroatoms. The van der Waals surface area contributed by atoms with Gasteiger partial charge in [0, 0.05) is 12.2 Å². The maximum atomic E-state index is 11.2. The first-order valence-corrected chi connectivity index (χ1v) is 6.21. The number of rotatable bonds is 5. The fourth-order valence-corrected chi connectivity index (χ4v) is 1.91. The van der Waals surface area contributed by atoms with Crippen LogP contribution in [0.15, 0.2) is 18.2 Å². The SMILES string of the molecule is CCOC(C)Oc1ccc(C(C)=O)cc1I. The lowest BCUT2D eigenvalue weighted by Crippen LogP contribution is -2.16. The Morgan fingerprint density at radius 2 is 2.19 bits per heavy atom. The second-order valence-electron chi connectivity index (χ2n) is 3.34. The summed E-state index contributed by atoms with van der Waals surface area (Å²) >= 11 is 2.15. The van der Waals surface area contributed by atoms with Gasteiger partial charge in [0.1, 0.15) is 5.75 Å². The van der Waals surface area contributed by atoms with Gasteiger partial charge in [-0.1, -0.05) is 0 Å². The van der Waals surface area contributed by atoms with E-state index in [0.717, 1.165) is 9.32 Å².